The molecule has 0 radical (unpaired) electrons. The van der Waals surface area contributed by atoms with Gasteiger partial charge in [-0.15, -0.1) is 0 Å². The Hall–Kier alpha value is -1.92. The highest BCUT2D eigenvalue weighted by atomic mass is 79.9. The number of ether oxygens (including phenoxy) is 2. The van der Waals surface area contributed by atoms with E-state index < -0.39 is 0 Å². The highest BCUT2D eigenvalue weighted by Gasteiger charge is 2.23. The monoisotopic (exact) mass is 447 g/mol. The minimum absolute atomic E-state index is 0.289. The molecule has 0 fully saturated rings. The van der Waals surface area contributed by atoms with Crippen molar-refractivity contribution in [2.24, 2.45) is 7.05 Å². The second-order valence-corrected chi connectivity index (χ2v) is 7.92. The van der Waals surface area contributed by atoms with Crippen LogP contribution in [0.5, 0.6) is 5.75 Å². The lowest BCUT2D eigenvalue weighted by Crippen LogP contribution is -2.08. The Kier molecular flexibility index (Phi) is 6.50. The normalized spacial score (nSPS) is 11.0. The third kappa shape index (κ3) is 4.17. The number of esters is 1. The molecule has 0 unspecified atom stereocenters. The van der Waals surface area contributed by atoms with Crippen molar-refractivity contribution in [2.45, 2.75) is 18.4 Å². The molecule has 3 aromatic rings. The van der Waals surface area contributed by atoms with Crippen LogP contribution in [0.3, 0.4) is 0 Å². The smallest absolute Gasteiger partial charge is 0.340 e. The maximum Gasteiger partial charge on any atom is 0.340 e. The van der Waals surface area contributed by atoms with Gasteiger partial charge in [-0.05, 0) is 40.5 Å². The number of rotatable bonds is 7. The van der Waals surface area contributed by atoms with Crippen LogP contribution in [0.2, 0.25) is 0 Å². The first kappa shape index (κ1) is 19.8. The molecule has 0 N–H and O–H groups in total. The molecule has 4 nitrogen and oxygen atoms in total. The van der Waals surface area contributed by atoms with Crippen LogP contribution < -0.4 is 4.74 Å². The predicted molar refractivity (Wildman–Crippen MR) is 115 cm³/mol. The summed E-state index contributed by atoms with van der Waals surface area (Å²) < 4.78 is 13.7. The molecule has 3 rings (SSSR count). The largest absolute Gasteiger partial charge is 0.496 e. The number of hydrogen-bond donors (Lipinski definition) is 0. The Bertz CT molecular complexity index is 953. The molecule has 0 atom stereocenters. The summed E-state index contributed by atoms with van der Waals surface area (Å²) in [5.74, 6) is 2.01. The third-order valence-corrected chi connectivity index (χ3v) is 6.06. The summed E-state index contributed by atoms with van der Waals surface area (Å²) in [6, 6.07) is 14.2. The standard InChI is InChI=1S/C21H22BrNO3S/c1-4-26-21(24)20-15-10-19(25-3)16(22)11-17(15)23(2)18(20)13-27-12-14-8-6-5-7-9-14/h5-11H,4,12-13H2,1-3H3. The van der Waals surface area contributed by atoms with E-state index in [1.54, 1.807) is 18.9 Å². The molecule has 0 spiro atoms. The second kappa shape index (κ2) is 8.85. The Labute approximate surface area is 172 Å². The SMILES string of the molecule is CCOC(=O)c1c(CSCc2ccccc2)n(C)c2cc(Br)c(OC)cc12. The van der Waals surface area contributed by atoms with Crippen molar-refractivity contribution in [3.63, 3.8) is 0 Å². The number of carbonyl (C=O) groups is 1. The number of benzene rings is 2. The van der Waals surface area contributed by atoms with Gasteiger partial charge in [0.05, 0.1) is 29.3 Å². The van der Waals surface area contributed by atoms with Crippen LogP contribution in [0.1, 0.15) is 28.5 Å². The van der Waals surface area contributed by atoms with Gasteiger partial charge in [0.15, 0.2) is 0 Å². The average Bonchev–Trinajstić information content (AvgIpc) is 2.93. The summed E-state index contributed by atoms with van der Waals surface area (Å²) >= 11 is 5.32. The summed E-state index contributed by atoms with van der Waals surface area (Å²) in [5, 5.41) is 0.853. The molecule has 0 aliphatic heterocycles. The number of thioether (sulfide) groups is 1. The lowest BCUT2D eigenvalue weighted by Gasteiger charge is -2.08. The van der Waals surface area contributed by atoms with Crippen molar-refractivity contribution >= 4 is 44.6 Å². The Morgan fingerprint density at radius 2 is 1.93 bits per heavy atom. The van der Waals surface area contributed by atoms with Gasteiger partial charge < -0.3 is 14.0 Å². The first-order chi connectivity index (χ1) is 13.1. The van der Waals surface area contributed by atoms with E-state index in [4.69, 9.17) is 9.47 Å². The van der Waals surface area contributed by atoms with Crippen molar-refractivity contribution in [1.82, 2.24) is 4.57 Å². The highest BCUT2D eigenvalue weighted by molar-refractivity contribution is 9.10. The van der Waals surface area contributed by atoms with E-state index in [-0.39, 0.29) is 5.97 Å². The molecule has 142 valence electrons. The Balaban J connectivity index is 2.00. The molecule has 6 heteroatoms. The second-order valence-electron chi connectivity index (χ2n) is 6.08. The van der Waals surface area contributed by atoms with Gasteiger partial charge >= 0.3 is 5.97 Å². The molecule has 27 heavy (non-hydrogen) atoms. The van der Waals surface area contributed by atoms with Crippen molar-refractivity contribution in [3.05, 3.63) is 63.8 Å². The predicted octanol–water partition coefficient (Wildman–Crippen LogP) is 5.56. The highest BCUT2D eigenvalue weighted by Crippen LogP contribution is 2.36. The number of aromatic nitrogens is 1. The van der Waals surface area contributed by atoms with E-state index >= 15 is 0 Å². The van der Waals surface area contributed by atoms with Crippen LogP contribution in [0.25, 0.3) is 10.9 Å². The summed E-state index contributed by atoms with van der Waals surface area (Å²) in [5.41, 5.74) is 3.83. The molecule has 0 amide bonds. The number of halogens is 1. The minimum Gasteiger partial charge on any atom is -0.496 e. The molecule has 0 saturated heterocycles. The van der Waals surface area contributed by atoms with Gasteiger partial charge in [-0.2, -0.15) is 11.8 Å². The quantitative estimate of drug-likeness (QED) is 0.444. The fourth-order valence-corrected chi connectivity index (χ4v) is 4.64. The van der Waals surface area contributed by atoms with E-state index in [9.17, 15) is 4.79 Å². The first-order valence-corrected chi connectivity index (χ1v) is 10.6. The lowest BCUT2D eigenvalue weighted by atomic mass is 10.1. The van der Waals surface area contributed by atoms with Crippen LogP contribution in [-0.4, -0.2) is 24.3 Å². The molecule has 0 saturated carbocycles. The van der Waals surface area contributed by atoms with Gasteiger partial charge in [-0.25, -0.2) is 4.79 Å². The summed E-state index contributed by atoms with van der Waals surface area (Å²) in [6.07, 6.45) is 0. The molecular formula is C21H22BrNO3S. The van der Waals surface area contributed by atoms with Gasteiger partial charge in [0, 0.05) is 29.6 Å². The zero-order chi connectivity index (χ0) is 19.4. The van der Waals surface area contributed by atoms with Crippen LogP contribution in [0.4, 0.5) is 0 Å². The maximum absolute atomic E-state index is 12.7. The average molecular weight is 448 g/mol. The van der Waals surface area contributed by atoms with Crippen molar-refractivity contribution in [1.29, 1.82) is 0 Å². The molecule has 1 aromatic heterocycles. The van der Waals surface area contributed by atoms with E-state index in [0.717, 1.165) is 26.8 Å². The van der Waals surface area contributed by atoms with Gasteiger partial charge in [-0.1, -0.05) is 30.3 Å². The van der Waals surface area contributed by atoms with Crippen LogP contribution in [-0.2, 0) is 23.3 Å². The topological polar surface area (TPSA) is 40.5 Å². The van der Waals surface area contributed by atoms with Crippen LogP contribution in [0.15, 0.2) is 46.9 Å². The van der Waals surface area contributed by atoms with Gasteiger partial charge in [-0.3, -0.25) is 0 Å². The summed E-state index contributed by atoms with van der Waals surface area (Å²) in [7, 11) is 3.61. The van der Waals surface area contributed by atoms with Gasteiger partial charge in [0.25, 0.3) is 0 Å². The van der Waals surface area contributed by atoms with E-state index in [1.165, 1.54) is 5.56 Å². The lowest BCUT2D eigenvalue weighted by molar-refractivity contribution is 0.0527. The van der Waals surface area contributed by atoms with Crippen molar-refractivity contribution < 1.29 is 14.3 Å². The van der Waals surface area contributed by atoms with E-state index in [2.05, 4.69) is 32.6 Å². The molecule has 0 bridgehead atoms. The molecular weight excluding hydrogens is 426 g/mol. The molecule has 1 heterocycles. The number of hydrogen-bond acceptors (Lipinski definition) is 4. The number of aryl methyl sites for hydroxylation is 1. The van der Waals surface area contributed by atoms with Crippen molar-refractivity contribution in [3.8, 4) is 5.75 Å². The summed E-state index contributed by atoms with van der Waals surface area (Å²) in [6.45, 7) is 2.17. The zero-order valence-corrected chi connectivity index (χ0v) is 18.0. The number of nitrogens with zero attached hydrogens (tertiary/aromatic N) is 1. The molecule has 2 aromatic carbocycles. The third-order valence-electron chi connectivity index (χ3n) is 4.42. The first-order valence-electron chi connectivity index (χ1n) is 8.70. The zero-order valence-electron chi connectivity index (χ0n) is 15.6. The number of carbonyl (C=O) groups excluding carboxylic acids is 1. The van der Waals surface area contributed by atoms with Crippen molar-refractivity contribution in [2.75, 3.05) is 13.7 Å². The number of fused-ring (bicyclic) bond motifs is 1. The number of methoxy groups -OCH3 is 1. The van der Waals surface area contributed by atoms with E-state index in [0.29, 0.717) is 23.7 Å². The maximum atomic E-state index is 12.7. The fraction of sp³-hybridized carbons (Fsp3) is 0.286. The van der Waals surface area contributed by atoms with Crippen LogP contribution in [0, 0.1) is 0 Å². The van der Waals surface area contributed by atoms with E-state index in [1.807, 2.05) is 44.3 Å². The Morgan fingerprint density at radius 3 is 2.59 bits per heavy atom. The summed E-state index contributed by atoms with van der Waals surface area (Å²) in [4.78, 5) is 12.7. The van der Waals surface area contributed by atoms with Gasteiger partial charge in [0.1, 0.15) is 5.75 Å². The minimum atomic E-state index is -0.289. The fourth-order valence-electron chi connectivity index (χ4n) is 3.09. The van der Waals surface area contributed by atoms with Gasteiger partial charge in [0.2, 0.25) is 0 Å². The molecule has 0 aliphatic carbocycles. The van der Waals surface area contributed by atoms with Crippen LogP contribution >= 0.6 is 27.7 Å². The Morgan fingerprint density at radius 1 is 1.19 bits per heavy atom. The molecule has 0 aliphatic rings.